The third-order valence-electron chi connectivity index (χ3n) is 4.49. The van der Waals surface area contributed by atoms with Crippen molar-refractivity contribution in [3.8, 4) is 5.75 Å². The highest BCUT2D eigenvalue weighted by Gasteiger charge is 2.40. The summed E-state index contributed by atoms with van der Waals surface area (Å²) < 4.78 is 5.30. The topological polar surface area (TPSA) is 49.9 Å². The predicted molar refractivity (Wildman–Crippen MR) is 91.6 cm³/mol. The minimum atomic E-state index is -0.219. The van der Waals surface area contributed by atoms with Gasteiger partial charge >= 0.3 is 0 Å². The molecule has 2 aromatic carbocycles. The molecule has 2 aromatic rings. The lowest BCUT2D eigenvalue weighted by Crippen LogP contribution is -2.49. The van der Waals surface area contributed by atoms with Crippen LogP contribution in [0.25, 0.3) is 0 Å². The van der Waals surface area contributed by atoms with Crippen molar-refractivity contribution < 1.29 is 14.3 Å². The lowest BCUT2D eigenvalue weighted by molar-refractivity contribution is -0.117. The first kappa shape index (κ1) is 14.8. The maximum absolute atomic E-state index is 13.1. The Morgan fingerprint density at radius 2 is 1.71 bits per heavy atom. The Kier molecular flexibility index (Phi) is 3.49. The van der Waals surface area contributed by atoms with Gasteiger partial charge in [0.05, 0.1) is 24.0 Å². The normalized spacial score (nSPS) is 16.8. The Bertz CT molecular complexity index is 814. The van der Waals surface area contributed by atoms with Gasteiger partial charge in [-0.15, -0.1) is 0 Å². The summed E-state index contributed by atoms with van der Waals surface area (Å²) in [5.74, 6) is 0.264. The molecule has 0 spiro atoms. The van der Waals surface area contributed by atoms with Gasteiger partial charge in [-0.1, -0.05) is 24.3 Å². The maximum atomic E-state index is 13.1. The first-order chi connectivity index (χ1) is 11.7. The van der Waals surface area contributed by atoms with Crippen molar-refractivity contribution in [1.29, 1.82) is 0 Å². The first-order valence-corrected chi connectivity index (χ1v) is 8.06. The molecule has 1 heterocycles. The summed E-state index contributed by atoms with van der Waals surface area (Å²) >= 11 is 0. The van der Waals surface area contributed by atoms with Crippen LogP contribution in [0.15, 0.2) is 48.5 Å². The molecular formula is C19H18N2O3. The molecule has 4 rings (SSSR count). The molecule has 2 aliphatic rings. The van der Waals surface area contributed by atoms with Crippen molar-refractivity contribution in [2.24, 2.45) is 0 Å². The van der Waals surface area contributed by atoms with Crippen LogP contribution in [0.1, 0.15) is 23.2 Å². The van der Waals surface area contributed by atoms with Crippen LogP contribution in [-0.2, 0) is 4.79 Å². The number of hydrogen-bond donors (Lipinski definition) is 0. The van der Waals surface area contributed by atoms with Gasteiger partial charge in [-0.3, -0.25) is 14.5 Å². The predicted octanol–water partition coefficient (Wildman–Crippen LogP) is 2.85. The van der Waals surface area contributed by atoms with E-state index in [0.29, 0.717) is 11.3 Å². The Labute approximate surface area is 140 Å². The zero-order valence-corrected chi connectivity index (χ0v) is 13.4. The summed E-state index contributed by atoms with van der Waals surface area (Å²) in [5.41, 5.74) is 2.06. The van der Waals surface area contributed by atoms with Crippen molar-refractivity contribution in [2.45, 2.75) is 18.9 Å². The second-order valence-electron chi connectivity index (χ2n) is 6.08. The van der Waals surface area contributed by atoms with Crippen LogP contribution in [-0.4, -0.2) is 31.5 Å². The van der Waals surface area contributed by atoms with Gasteiger partial charge in [0.25, 0.3) is 5.91 Å². The number of hydrogen-bond acceptors (Lipinski definition) is 3. The third-order valence-corrected chi connectivity index (χ3v) is 4.49. The Hall–Kier alpha value is -2.82. The highest BCUT2D eigenvalue weighted by atomic mass is 16.5. The molecule has 1 saturated carbocycles. The van der Waals surface area contributed by atoms with Gasteiger partial charge in [0.1, 0.15) is 12.3 Å². The van der Waals surface area contributed by atoms with Gasteiger partial charge in [0, 0.05) is 6.04 Å². The number of nitrogens with zero attached hydrogens (tertiary/aromatic N) is 2. The van der Waals surface area contributed by atoms with Crippen LogP contribution in [0, 0.1) is 0 Å². The summed E-state index contributed by atoms with van der Waals surface area (Å²) in [6, 6.07) is 15.0. The summed E-state index contributed by atoms with van der Waals surface area (Å²) in [7, 11) is 1.54. The fourth-order valence-electron chi connectivity index (χ4n) is 3.21. The second kappa shape index (κ2) is 5.67. The van der Waals surface area contributed by atoms with Crippen LogP contribution in [0.5, 0.6) is 5.75 Å². The second-order valence-corrected chi connectivity index (χ2v) is 6.08. The van der Waals surface area contributed by atoms with E-state index < -0.39 is 0 Å². The highest BCUT2D eigenvalue weighted by molar-refractivity contribution is 6.17. The highest BCUT2D eigenvalue weighted by Crippen LogP contribution is 2.41. The Balaban J connectivity index is 1.77. The summed E-state index contributed by atoms with van der Waals surface area (Å²) in [4.78, 5) is 29.1. The maximum Gasteiger partial charge on any atom is 0.262 e. The van der Waals surface area contributed by atoms with Crippen molar-refractivity contribution in [2.75, 3.05) is 23.5 Å². The SMILES string of the molecule is COc1ccccc1C(=O)N1CC(=O)N(C2CC2)c2ccccc21. The molecular weight excluding hydrogens is 304 g/mol. The molecule has 0 aromatic heterocycles. The van der Waals surface area contributed by atoms with Crippen molar-refractivity contribution in [3.63, 3.8) is 0 Å². The lowest BCUT2D eigenvalue weighted by Gasteiger charge is -2.36. The molecule has 5 heteroatoms. The average molecular weight is 322 g/mol. The molecule has 5 nitrogen and oxygen atoms in total. The van der Waals surface area contributed by atoms with Gasteiger partial charge in [-0.25, -0.2) is 0 Å². The van der Waals surface area contributed by atoms with E-state index in [2.05, 4.69) is 0 Å². The van der Waals surface area contributed by atoms with Crippen LogP contribution in [0.4, 0.5) is 11.4 Å². The number of benzene rings is 2. The largest absolute Gasteiger partial charge is 0.496 e. The molecule has 1 aliphatic carbocycles. The number of methoxy groups -OCH3 is 1. The standard InChI is InChI=1S/C19H18N2O3/c1-24-17-9-5-2-6-14(17)19(23)20-12-18(22)21(13-10-11-13)16-8-4-3-7-15(16)20/h2-9,13H,10-12H2,1H3. The minimum absolute atomic E-state index is 0.0283. The molecule has 24 heavy (non-hydrogen) atoms. The van der Waals surface area contributed by atoms with Gasteiger partial charge in [0.15, 0.2) is 0 Å². The number of carbonyl (C=O) groups is 2. The number of anilines is 2. The van der Waals surface area contributed by atoms with E-state index in [0.717, 1.165) is 24.2 Å². The number of carbonyl (C=O) groups excluding carboxylic acids is 2. The summed E-state index contributed by atoms with van der Waals surface area (Å²) in [6.07, 6.45) is 2.06. The van der Waals surface area contributed by atoms with E-state index >= 15 is 0 Å². The van der Waals surface area contributed by atoms with Crippen LogP contribution in [0.2, 0.25) is 0 Å². The monoisotopic (exact) mass is 322 g/mol. The molecule has 1 aliphatic heterocycles. The quantitative estimate of drug-likeness (QED) is 0.873. The molecule has 0 unspecified atom stereocenters. The van der Waals surface area contributed by atoms with Crippen molar-refractivity contribution >= 4 is 23.2 Å². The third kappa shape index (κ3) is 2.33. The molecule has 2 amide bonds. The van der Waals surface area contributed by atoms with Gasteiger partial charge < -0.3 is 9.64 Å². The Morgan fingerprint density at radius 3 is 2.42 bits per heavy atom. The molecule has 0 radical (unpaired) electrons. The lowest BCUT2D eigenvalue weighted by atomic mass is 10.1. The van der Waals surface area contributed by atoms with Crippen LogP contribution in [0.3, 0.4) is 0 Å². The van der Waals surface area contributed by atoms with E-state index in [1.165, 1.54) is 7.11 Å². The van der Waals surface area contributed by atoms with E-state index in [-0.39, 0.29) is 24.4 Å². The molecule has 0 saturated heterocycles. The Morgan fingerprint density at radius 1 is 1.04 bits per heavy atom. The molecule has 1 fully saturated rings. The van der Waals surface area contributed by atoms with E-state index in [1.807, 2.05) is 35.2 Å². The van der Waals surface area contributed by atoms with E-state index in [4.69, 9.17) is 4.74 Å². The first-order valence-electron chi connectivity index (χ1n) is 8.06. The number of amides is 2. The van der Waals surface area contributed by atoms with Crippen LogP contribution >= 0.6 is 0 Å². The molecule has 122 valence electrons. The van der Waals surface area contributed by atoms with Crippen molar-refractivity contribution in [1.82, 2.24) is 0 Å². The fourth-order valence-corrected chi connectivity index (χ4v) is 3.21. The van der Waals surface area contributed by atoms with Crippen molar-refractivity contribution in [3.05, 3.63) is 54.1 Å². The van der Waals surface area contributed by atoms with Gasteiger partial charge in [0.2, 0.25) is 5.91 Å². The molecule has 0 atom stereocenters. The summed E-state index contributed by atoms with van der Waals surface area (Å²) in [5, 5.41) is 0. The van der Waals surface area contributed by atoms with Gasteiger partial charge in [-0.2, -0.15) is 0 Å². The average Bonchev–Trinajstić information content (AvgIpc) is 3.45. The smallest absolute Gasteiger partial charge is 0.262 e. The zero-order valence-electron chi connectivity index (χ0n) is 13.4. The number of fused-ring (bicyclic) bond motifs is 1. The number of para-hydroxylation sites is 3. The van der Waals surface area contributed by atoms with E-state index in [1.54, 1.807) is 23.1 Å². The molecule has 0 N–H and O–H groups in total. The number of rotatable bonds is 3. The minimum Gasteiger partial charge on any atom is -0.496 e. The van der Waals surface area contributed by atoms with E-state index in [9.17, 15) is 9.59 Å². The zero-order chi connectivity index (χ0) is 16.7. The number of ether oxygens (including phenoxy) is 1. The fraction of sp³-hybridized carbons (Fsp3) is 0.263. The summed E-state index contributed by atoms with van der Waals surface area (Å²) in [6.45, 7) is 0.0599. The van der Waals surface area contributed by atoms with Crippen LogP contribution < -0.4 is 14.5 Å². The van der Waals surface area contributed by atoms with Gasteiger partial charge in [-0.05, 0) is 37.1 Å². The molecule has 0 bridgehead atoms.